The van der Waals surface area contributed by atoms with Gasteiger partial charge in [-0.05, 0) is 12.8 Å². The molecule has 1 N–H and O–H groups in total. The fraction of sp³-hybridized carbons (Fsp3) is 0.778. The van der Waals surface area contributed by atoms with Crippen molar-refractivity contribution < 1.29 is 14.4 Å². The minimum atomic E-state index is -0.0957. The molecule has 1 heterocycles. The van der Waals surface area contributed by atoms with E-state index in [1.54, 1.807) is 7.11 Å². The summed E-state index contributed by atoms with van der Waals surface area (Å²) in [6, 6.07) is 0. The molecule has 5 nitrogen and oxygen atoms in total. The van der Waals surface area contributed by atoms with Crippen molar-refractivity contribution in [3.05, 3.63) is 11.7 Å². The third-order valence-corrected chi connectivity index (χ3v) is 1.98. The third kappa shape index (κ3) is 2.78. The van der Waals surface area contributed by atoms with E-state index in [1.807, 2.05) is 6.92 Å². The first-order valence-electron chi connectivity index (χ1n) is 4.78. The largest absolute Gasteiger partial charge is 0.396 e. The number of aryl methyl sites for hydroxylation is 1. The van der Waals surface area contributed by atoms with Crippen LogP contribution in [0.3, 0.4) is 0 Å². The molecule has 1 atom stereocenters. The Morgan fingerprint density at radius 2 is 2.36 bits per heavy atom. The molecule has 0 aliphatic rings. The number of nitrogens with zero attached hydrogens (tertiary/aromatic N) is 2. The van der Waals surface area contributed by atoms with E-state index in [0.29, 0.717) is 24.6 Å². The van der Waals surface area contributed by atoms with Crippen molar-refractivity contribution in [2.45, 2.75) is 32.3 Å². The number of hydrogen-bond donors (Lipinski definition) is 1. The predicted octanol–water partition coefficient (Wildman–Crippen LogP) is 1.09. The van der Waals surface area contributed by atoms with E-state index in [9.17, 15) is 0 Å². The molecule has 0 spiro atoms. The Kier molecular flexibility index (Phi) is 4.55. The lowest BCUT2D eigenvalue weighted by Gasteiger charge is -2.05. The van der Waals surface area contributed by atoms with Crippen LogP contribution in [0.4, 0.5) is 0 Å². The second-order valence-corrected chi connectivity index (χ2v) is 3.01. The second-order valence-electron chi connectivity index (χ2n) is 3.01. The molecule has 0 saturated heterocycles. The van der Waals surface area contributed by atoms with Crippen LogP contribution in [0.5, 0.6) is 0 Å². The minimum Gasteiger partial charge on any atom is -0.396 e. The zero-order chi connectivity index (χ0) is 10.4. The lowest BCUT2D eigenvalue weighted by Crippen LogP contribution is -2.02. The van der Waals surface area contributed by atoms with Gasteiger partial charge in [-0.15, -0.1) is 0 Å². The Balaban J connectivity index is 2.57. The molecule has 1 aromatic heterocycles. The van der Waals surface area contributed by atoms with Crippen LogP contribution in [0.15, 0.2) is 4.52 Å². The zero-order valence-corrected chi connectivity index (χ0v) is 8.56. The van der Waals surface area contributed by atoms with Gasteiger partial charge < -0.3 is 14.4 Å². The van der Waals surface area contributed by atoms with Crippen molar-refractivity contribution in [1.82, 2.24) is 10.1 Å². The van der Waals surface area contributed by atoms with Crippen LogP contribution < -0.4 is 0 Å². The van der Waals surface area contributed by atoms with Crippen molar-refractivity contribution in [3.63, 3.8) is 0 Å². The van der Waals surface area contributed by atoms with Crippen LogP contribution in [0.2, 0.25) is 0 Å². The maximum atomic E-state index is 8.62. The van der Waals surface area contributed by atoms with Gasteiger partial charge in [0.25, 0.3) is 0 Å². The van der Waals surface area contributed by atoms with Gasteiger partial charge in [-0.3, -0.25) is 0 Å². The predicted molar refractivity (Wildman–Crippen MR) is 49.7 cm³/mol. The monoisotopic (exact) mass is 200 g/mol. The van der Waals surface area contributed by atoms with E-state index in [0.717, 1.165) is 6.42 Å². The summed E-state index contributed by atoms with van der Waals surface area (Å²) in [5.74, 6) is 1.15. The van der Waals surface area contributed by atoms with Crippen LogP contribution in [0.1, 0.15) is 37.6 Å². The molecule has 0 aliphatic carbocycles. The Hall–Kier alpha value is -0.940. The van der Waals surface area contributed by atoms with E-state index in [4.69, 9.17) is 14.4 Å². The van der Waals surface area contributed by atoms with Gasteiger partial charge in [-0.2, -0.15) is 4.98 Å². The van der Waals surface area contributed by atoms with Crippen LogP contribution in [0, 0.1) is 0 Å². The molecule has 0 radical (unpaired) electrons. The molecule has 1 aromatic rings. The highest BCUT2D eigenvalue weighted by Crippen LogP contribution is 2.16. The lowest BCUT2D eigenvalue weighted by molar-refractivity contribution is 0.0903. The standard InChI is InChI=1S/C9H16N2O3/c1-3-7(13-2)9-10-8(14-11-9)5-4-6-12/h7,12H,3-6H2,1-2H3. The summed E-state index contributed by atoms with van der Waals surface area (Å²) in [7, 11) is 1.62. The van der Waals surface area contributed by atoms with Gasteiger partial charge in [0.2, 0.25) is 11.7 Å². The van der Waals surface area contributed by atoms with Gasteiger partial charge in [0.1, 0.15) is 6.10 Å². The summed E-state index contributed by atoms with van der Waals surface area (Å²) in [5.41, 5.74) is 0. The number of hydrogen-bond acceptors (Lipinski definition) is 5. The molecule has 1 unspecified atom stereocenters. The molecule has 14 heavy (non-hydrogen) atoms. The Labute approximate surface area is 83.1 Å². The lowest BCUT2D eigenvalue weighted by atomic mass is 10.2. The van der Waals surface area contributed by atoms with E-state index in [1.165, 1.54) is 0 Å². The highest BCUT2D eigenvalue weighted by Gasteiger charge is 2.15. The average molecular weight is 200 g/mol. The Bertz CT molecular complexity index is 258. The molecule has 0 saturated carbocycles. The first kappa shape index (κ1) is 11.1. The normalized spacial score (nSPS) is 13.1. The second kappa shape index (κ2) is 5.72. The maximum Gasteiger partial charge on any atom is 0.226 e. The van der Waals surface area contributed by atoms with Crippen molar-refractivity contribution in [2.75, 3.05) is 13.7 Å². The molecule has 0 aliphatic heterocycles. The highest BCUT2D eigenvalue weighted by atomic mass is 16.5. The number of aromatic nitrogens is 2. The number of aliphatic hydroxyl groups excluding tert-OH is 1. The first-order valence-corrected chi connectivity index (χ1v) is 4.78. The number of methoxy groups -OCH3 is 1. The van der Waals surface area contributed by atoms with Crippen LogP contribution in [-0.4, -0.2) is 29.0 Å². The Morgan fingerprint density at radius 3 is 2.93 bits per heavy atom. The van der Waals surface area contributed by atoms with Crippen molar-refractivity contribution in [3.8, 4) is 0 Å². The van der Waals surface area contributed by atoms with Crippen LogP contribution in [0.25, 0.3) is 0 Å². The van der Waals surface area contributed by atoms with Crippen molar-refractivity contribution >= 4 is 0 Å². The van der Waals surface area contributed by atoms with E-state index >= 15 is 0 Å². The molecule has 0 bridgehead atoms. The van der Waals surface area contributed by atoms with E-state index in [-0.39, 0.29) is 12.7 Å². The molecular weight excluding hydrogens is 184 g/mol. The molecule has 80 valence electrons. The topological polar surface area (TPSA) is 68.4 Å². The van der Waals surface area contributed by atoms with Crippen molar-refractivity contribution in [2.24, 2.45) is 0 Å². The number of ether oxygens (including phenoxy) is 1. The van der Waals surface area contributed by atoms with Crippen LogP contribution in [-0.2, 0) is 11.2 Å². The summed E-state index contributed by atoms with van der Waals surface area (Å²) >= 11 is 0. The number of aliphatic hydroxyl groups is 1. The zero-order valence-electron chi connectivity index (χ0n) is 8.56. The third-order valence-electron chi connectivity index (χ3n) is 1.98. The average Bonchev–Trinajstić information content (AvgIpc) is 2.65. The molecule has 1 rings (SSSR count). The van der Waals surface area contributed by atoms with E-state index < -0.39 is 0 Å². The molecule has 0 amide bonds. The number of rotatable bonds is 6. The van der Waals surface area contributed by atoms with Gasteiger partial charge in [0.15, 0.2) is 0 Å². The quantitative estimate of drug-likeness (QED) is 0.744. The summed E-state index contributed by atoms with van der Waals surface area (Å²) in [6.45, 7) is 2.14. The molecule has 5 heteroatoms. The van der Waals surface area contributed by atoms with Crippen LogP contribution >= 0.6 is 0 Å². The molecular formula is C9H16N2O3. The summed E-state index contributed by atoms with van der Waals surface area (Å²) in [4.78, 5) is 4.18. The van der Waals surface area contributed by atoms with Gasteiger partial charge in [0, 0.05) is 20.1 Å². The van der Waals surface area contributed by atoms with Gasteiger partial charge in [-0.25, -0.2) is 0 Å². The first-order chi connectivity index (χ1) is 6.81. The summed E-state index contributed by atoms with van der Waals surface area (Å²) in [6.07, 6.45) is 1.98. The summed E-state index contributed by atoms with van der Waals surface area (Å²) < 4.78 is 10.2. The van der Waals surface area contributed by atoms with Gasteiger partial charge >= 0.3 is 0 Å². The van der Waals surface area contributed by atoms with Gasteiger partial charge in [0.05, 0.1) is 0 Å². The maximum absolute atomic E-state index is 8.62. The highest BCUT2D eigenvalue weighted by molar-refractivity contribution is 4.90. The minimum absolute atomic E-state index is 0.0957. The summed E-state index contributed by atoms with van der Waals surface area (Å²) in [5, 5.41) is 12.4. The SMILES string of the molecule is CCC(OC)c1noc(CCCO)n1. The van der Waals surface area contributed by atoms with Gasteiger partial charge in [-0.1, -0.05) is 12.1 Å². The fourth-order valence-corrected chi connectivity index (χ4v) is 1.19. The molecule has 0 fully saturated rings. The molecule has 0 aromatic carbocycles. The smallest absolute Gasteiger partial charge is 0.226 e. The fourth-order valence-electron chi connectivity index (χ4n) is 1.19. The Morgan fingerprint density at radius 1 is 1.57 bits per heavy atom. The van der Waals surface area contributed by atoms with E-state index in [2.05, 4.69) is 10.1 Å². The van der Waals surface area contributed by atoms with Crippen molar-refractivity contribution in [1.29, 1.82) is 0 Å².